The van der Waals surface area contributed by atoms with E-state index in [1.165, 1.54) is 103 Å². The molecular formula is C57H94O6. The monoisotopic (exact) mass is 875 g/mol. The Labute approximate surface area is 387 Å². The van der Waals surface area contributed by atoms with Gasteiger partial charge >= 0.3 is 17.9 Å². The molecule has 1 atom stereocenters. The Morgan fingerprint density at radius 1 is 0.349 bits per heavy atom. The van der Waals surface area contributed by atoms with Gasteiger partial charge < -0.3 is 14.2 Å². The molecule has 0 bridgehead atoms. The van der Waals surface area contributed by atoms with Crippen LogP contribution in [0.2, 0.25) is 0 Å². The van der Waals surface area contributed by atoms with Gasteiger partial charge in [0.15, 0.2) is 6.10 Å². The maximum absolute atomic E-state index is 12.8. The van der Waals surface area contributed by atoms with Crippen LogP contribution in [0.1, 0.15) is 226 Å². The van der Waals surface area contributed by atoms with Gasteiger partial charge in [0.2, 0.25) is 0 Å². The second-order valence-electron chi connectivity index (χ2n) is 16.7. The fourth-order valence-corrected chi connectivity index (χ4v) is 6.75. The summed E-state index contributed by atoms with van der Waals surface area (Å²) in [5.41, 5.74) is 0. The zero-order chi connectivity index (χ0) is 45.8. The minimum Gasteiger partial charge on any atom is -0.462 e. The van der Waals surface area contributed by atoms with E-state index in [1.807, 2.05) is 6.08 Å². The van der Waals surface area contributed by atoms with Gasteiger partial charge in [-0.2, -0.15) is 0 Å². The third kappa shape index (κ3) is 49.2. The topological polar surface area (TPSA) is 78.9 Å². The Hall–Kier alpha value is -3.67. The van der Waals surface area contributed by atoms with Crippen LogP contribution in [0.15, 0.2) is 97.2 Å². The van der Waals surface area contributed by atoms with Gasteiger partial charge in [-0.1, -0.05) is 214 Å². The summed E-state index contributed by atoms with van der Waals surface area (Å²) in [4.78, 5) is 37.9. The molecule has 0 radical (unpaired) electrons. The lowest BCUT2D eigenvalue weighted by Gasteiger charge is -2.18. The predicted molar refractivity (Wildman–Crippen MR) is 270 cm³/mol. The Balaban J connectivity index is 4.55. The Morgan fingerprint density at radius 3 is 1.24 bits per heavy atom. The summed E-state index contributed by atoms with van der Waals surface area (Å²) in [7, 11) is 0. The van der Waals surface area contributed by atoms with E-state index < -0.39 is 6.10 Å². The van der Waals surface area contributed by atoms with Gasteiger partial charge in [-0.15, -0.1) is 0 Å². The number of allylic oxidation sites excluding steroid dienone is 16. The van der Waals surface area contributed by atoms with E-state index in [0.717, 1.165) is 70.6 Å². The highest BCUT2D eigenvalue weighted by molar-refractivity contribution is 5.71. The molecule has 0 rings (SSSR count). The molecule has 0 saturated heterocycles. The van der Waals surface area contributed by atoms with Crippen LogP contribution >= 0.6 is 0 Å². The first-order valence-corrected chi connectivity index (χ1v) is 25.8. The van der Waals surface area contributed by atoms with E-state index in [2.05, 4.69) is 112 Å². The molecule has 0 heterocycles. The van der Waals surface area contributed by atoms with Crippen LogP contribution < -0.4 is 0 Å². The van der Waals surface area contributed by atoms with E-state index in [9.17, 15) is 14.4 Å². The molecule has 6 nitrogen and oxygen atoms in total. The van der Waals surface area contributed by atoms with E-state index in [-0.39, 0.29) is 44.0 Å². The van der Waals surface area contributed by atoms with Gasteiger partial charge in [0.25, 0.3) is 0 Å². The number of ether oxygens (including phenoxy) is 3. The molecule has 0 N–H and O–H groups in total. The second kappa shape index (κ2) is 51.0. The molecule has 6 heteroatoms. The summed E-state index contributed by atoms with van der Waals surface area (Å²) < 4.78 is 16.7. The van der Waals surface area contributed by atoms with Crippen molar-refractivity contribution in [3.8, 4) is 0 Å². The summed E-state index contributed by atoms with van der Waals surface area (Å²) in [5, 5.41) is 0. The number of esters is 3. The van der Waals surface area contributed by atoms with Crippen molar-refractivity contribution in [2.24, 2.45) is 0 Å². The number of unbranched alkanes of at least 4 members (excludes halogenated alkanes) is 20. The van der Waals surface area contributed by atoms with Gasteiger partial charge in [-0.25, -0.2) is 0 Å². The average molecular weight is 875 g/mol. The largest absolute Gasteiger partial charge is 0.462 e. The zero-order valence-electron chi connectivity index (χ0n) is 40.8. The first kappa shape index (κ1) is 59.3. The highest BCUT2D eigenvalue weighted by atomic mass is 16.6. The minimum absolute atomic E-state index is 0.127. The number of rotatable bonds is 45. The lowest BCUT2D eigenvalue weighted by Crippen LogP contribution is -2.30. The van der Waals surface area contributed by atoms with Crippen LogP contribution in [-0.4, -0.2) is 37.2 Å². The molecule has 0 aromatic heterocycles. The quantitative estimate of drug-likeness (QED) is 0.0199. The second-order valence-corrected chi connectivity index (χ2v) is 16.7. The maximum atomic E-state index is 12.8. The van der Waals surface area contributed by atoms with Crippen molar-refractivity contribution in [3.05, 3.63) is 97.2 Å². The highest BCUT2D eigenvalue weighted by Gasteiger charge is 2.19. The van der Waals surface area contributed by atoms with Gasteiger partial charge in [0.1, 0.15) is 13.2 Å². The van der Waals surface area contributed by atoms with E-state index in [1.54, 1.807) is 0 Å². The fourth-order valence-electron chi connectivity index (χ4n) is 6.75. The smallest absolute Gasteiger partial charge is 0.306 e. The fraction of sp³-hybridized carbons (Fsp3) is 0.667. The van der Waals surface area contributed by atoms with Crippen molar-refractivity contribution >= 4 is 17.9 Å². The first-order chi connectivity index (χ1) is 31.0. The number of carbonyl (C=O) groups excluding carboxylic acids is 3. The Morgan fingerprint density at radius 2 is 0.730 bits per heavy atom. The Kier molecular flexibility index (Phi) is 48.0. The number of carbonyl (C=O) groups is 3. The lowest BCUT2D eigenvalue weighted by molar-refractivity contribution is -0.166. The van der Waals surface area contributed by atoms with Gasteiger partial charge in [-0.05, 0) is 89.9 Å². The van der Waals surface area contributed by atoms with Crippen LogP contribution in [0.5, 0.6) is 0 Å². The van der Waals surface area contributed by atoms with E-state index >= 15 is 0 Å². The summed E-state index contributed by atoms with van der Waals surface area (Å²) in [6.07, 6.45) is 66.9. The number of hydrogen-bond donors (Lipinski definition) is 0. The molecule has 0 amide bonds. The van der Waals surface area contributed by atoms with Crippen molar-refractivity contribution in [3.63, 3.8) is 0 Å². The van der Waals surface area contributed by atoms with Crippen LogP contribution in [0, 0.1) is 0 Å². The van der Waals surface area contributed by atoms with E-state index in [4.69, 9.17) is 14.2 Å². The van der Waals surface area contributed by atoms with Crippen molar-refractivity contribution < 1.29 is 28.6 Å². The third-order valence-corrected chi connectivity index (χ3v) is 10.6. The maximum Gasteiger partial charge on any atom is 0.306 e. The molecular weight excluding hydrogens is 781 g/mol. The van der Waals surface area contributed by atoms with E-state index in [0.29, 0.717) is 19.3 Å². The summed E-state index contributed by atoms with van der Waals surface area (Å²) in [6, 6.07) is 0. The molecule has 0 aliphatic rings. The van der Waals surface area contributed by atoms with Gasteiger partial charge in [-0.3, -0.25) is 14.4 Å². The molecule has 0 fully saturated rings. The van der Waals surface area contributed by atoms with Crippen LogP contribution in [-0.2, 0) is 28.6 Å². The van der Waals surface area contributed by atoms with Crippen molar-refractivity contribution in [2.75, 3.05) is 13.2 Å². The molecule has 0 saturated carbocycles. The van der Waals surface area contributed by atoms with Gasteiger partial charge in [0.05, 0.1) is 0 Å². The van der Waals surface area contributed by atoms with Crippen molar-refractivity contribution in [1.82, 2.24) is 0 Å². The van der Waals surface area contributed by atoms with Crippen LogP contribution in [0.3, 0.4) is 0 Å². The standard InChI is InChI=1S/C57H94O6/c1-4-7-10-13-16-19-22-25-27-28-30-32-35-38-41-44-47-50-56(59)62-53-54(52-61-55(58)49-46-43-40-37-34-31-24-21-18-15-12-9-6-3)63-57(60)51-48-45-42-39-36-33-29-26-23-20-17-14-11-8-5-2/h8,11,14,17,20,23,25,27,30-32,34,38,40-41,43,54H,4-7,9-10,12-13,15-16,18-19,21-22,24,26,28-29,33,35-37,39,42,44-53H2,1-3H3/b11-8-,17-14-,23-20-,27-25-,32-30-,34-31-,41-38-,43-40-. The van der Waals surface area contributed by atoms with Crippen molar-refractivity contribution in [2.45, 2.75) is 232 Å². The summed E-state index contributed by atoms with van der Waals surface area (Å²) in [5.74, 6) is -1.06. The number of hydrogen-bond acceptors (Lipinski definition) is 6. The normalized spacial score (nSPS) is 12.9. The average Bonchev–Trinajstić information content (AvgIpc) is 3.28. The first-order valence-electron chi connectivity index (χ1n) is 25.8. The molecule has 0 aromatic rings. The Bertz CT molecular complexity index is 1280. The SMILES string of the molecule is CC\C=C/C=C\C=C/CCCCCCCCCC(=O)OC(COC(=O)CC/C=C\C/C=C\CCCCCCCC)COC(=O)CCC/C=C\C/C=C\C/C=C\CCCCCCCC. The van der Waals surface area contributed by atoms with Crippen molar-refractivity contribution in [1.29, 1.82) is 0 Å². The molecule has 63 heavy (non-hydrogen) atoms. The van der Waals surface area contributed by atoms with Crippen LogP contribution in [0.25, 0.3) is 0 Å². The molecule has 0 aromatic carbocycles. The van der Waals surface area contributed by atoms with Gasteiger partial charge in [0, 0.05) is 19.3 Å². The molecule has 358 valence electrons. The van der Waals surface area contributed by atoms with Crippen LogP contribution in [0.4, 0.5) is 0 Å². The molecule has 1 unspecified atom stereocenters. The summed E-state index contributed by atoms with van der Waals surface area (Å²) >= 11 is 0. The minimum atomic E-state index is -0.827. The highest BCUT2D eigenvalue weighted by Crippen LogP contribution is 2.13. The third-order valence-electron chi connectivity index (χ3n) is 10.6. The summed E-state index contributed by atoms with van der Waals surface area (Å²) in [6.45, 7) is 6.37. The lowest BCUT2D eigenvalue weighted by atomic mass is 10.1. The molecule has 0 aliphatic heterocycles. The zero-order valence-corrected chi connectivity index (χ0v) is 40.8. The molecule has 0 spiro atoms. The molecule has 0 aliphatic carbocycles. The predicted octanol–water partition coefficient (Wildman–Crippen LogP) is 17.0.